The quantitative estimate of drug-likeness (QED) is 0.830. The third-order valence-electron chi connectivity index (χ3n) is 3.83. The smallest absolute Gasteiger partial charge is 0.306 e. The largest absolute Gasteiger partial charge is 0.493 e. The molecule has 8 heteroatoms. The van der Waals surface area contributed by atoms with Crippen molar-refractivity contribution < 1.29 is 26.9 Å². The Morgan fingerprint density at radius 3 is 2.61 bits per heavy atom. The molecule has 0 saturated carbocycles. The summed E-state index contributed by atoms with van der Waals surface area (Å²) in [5.41, 5.74) is 4.08. The van der Waals surface area contributed by atoms with E-state index in [4.69, 9.17) is 18.5 Å². The Kier molecular flexibility index (Phi) is 4.22. The highest BCUT2D eigenvalue weighted by Crippen LogP contribution is 2.36. The molecule has 0 aromatic heterocycles. The van der Waals surface area contributed by atoms with E-state index in [1.54, 1.807) is 12.1 Å². The molecule has 1 spiro atoms. The lowest BCUT2D eigenvalue weighted by Crippen LogP contribution is -2.36. The topological polar surface area (TPSA) is 83.1 Å². The zero-order valence-corrected chi connectivity index (χ0v) is 13.8. The molecule has 0 unspecified atom stereocenters. The molecule has 2 heterocycles. The van der Waals surface area contributed by atoms with Gasteiger partial charge in [-0.05, 0) is 24.3 Å². The third-order valence-corrected chi connectivity index (χ3v) is 4.31. The van der Waals surface area contributed by atoms with E-state index in [1.807, 2.05) is 12.1 Å². The summed E-state index contributed by atoms with van der Waals surface area (Å²) in [7, 11) is -2.19. The number of ether oxygens (including phenoxy) is 2. The van der Waals surface area contributed by atoms with Gasteiger partial charge in [0.1, 0.15) is 5.60 Å². The van der Waals surface area contributed by atoms with Gasteiger partial charge >= 0.3 is 10.1 Å². The Balaban J connectivity index is 1.91. The molecule has 0 aliphatic carbocycles. The first-order valence-corrected chi connectivity index (χ1v) is 9.05. The Bertz CT molecular complexity index is 721. The van der Waals surface area contributed by atoms with E-state index in [-0.39, 0.29) is 11.4 Å². The van der Waals surface area contributed by atoms with E-state index >= 15 is 0 Å². The van der Waals surface area contributed by atoms with Crippen molar-refractivity contribution in [2.45, 2.75) is 18.4 Å². The lowest BCUT2D eigenvalue weighted by molar-refractivity contribution is -0.0955. The molecule has 23 heavy (non-hydrogen) atoms. The van der Waals surface area contributed by atoms with Crippen LogP contribution in [0.15, 0.2) is 24.3 Å². The molecule has 0 radical (unpaired) electrons. The Morgan fingerprint density at radius 2 is 1.96 bits per heavy atom. The van der Waals surface area contributed by atoms with Crippen molar-refractivity contribution in [1.82, 2.24) is 5.48 Å². The molecular weight excluding hydrogens is 322 g/mol. The van der Waals surface area contributed by atoms with E-state index in [9.17, 15) is 8.42 Å². The third kappa shape index (κ3) is 3.60. The average Bonchev–Trinajstić information content (AvgIpc) is 2.90. The second-order valence-electron chi connectivity index (χ2n) is 5.59. The highest BCUT2D eigenvalue weighted by molar-refractivity contribution is 7.86. The van der Waals surface area contributed by atoms with Gasteiger partial charge in [0.15, 0.2) is 11.5 Å². The highest BCUT2D eigenvalue weighted by Gasteiger charge is 2.37. The number of nitrogens with one attached hydrogen (secondary N) is 1. The van der Waals surface area contributed by atoms with Crippen molar-refractivity contribution in [2.24, 2.45) is 0 Å². The molecule has 126 valence electrons. The van der Waals surface area contributed by atoms with Crippen LogP contribution in [0.2, 0.25) is 0 Å². The van der Waals surface area contributed by atoms with Gasteiger partial charge in [-0.15, -0.1) is 0 Å². The normalized spacial score (nSPS) is 20.0. The zero-order valence-electron chi connectivity index (χ0n) is 13.0. The van der Waals surface area contributed by atoms with Crippen LogP contribution in [0.1, 0.15) is 18.4 Å². The Morgan fingerprint density at radius 1 is 1.22 bits per heavy atom. The van der Waals surface area contributed by atoms with Crippen LogP contribution in [0.3, 0.4) is 0 Å². The summed E-state index contributed by atoms with van der Waals surface area (Å²) in [6, 6.07) is 5.09. The van der Waals surface area contributed by atoms with Crippen molar-refractivity contribution in [3.05, 3.63) is 29.8 Å². The first-order chi connectivity index (χ1) is 10.9. The molecule has 1 fully saturated rings. The molecule has 0 bridgehead atoms. The summed E-state index contributed by atoms with van der Waals surface area (Å²) in [4.78, 5) is 5.73. The predicted molar refractivity (Wildman–Crippen MR) is 83.4 cm³/mol. The molecular formula is C15H19NO6S. The van der Waals surface area contributed by atoms with Gasteiger partial charge in [0.25, 0.3) is 0 Å². The van der Waals surface area contributed by atoms with Gasteiger partial charge in [0.2, 0.25) is 0 Å². The van der Waals surface area contributed by atoms with Crippen molar-refractivity contribution in [2.75, 3.05) is 26.6 Å². The summed E-state index contributed by atoms with van der Waals surface area (Å²) in [5, 5.41) is 0. The summed E-state index contributed by atoms with van der Waals surface area (Å²) >= 11 is 0. The first-order valence-electron chi connectivity index (χ1n) is 7.23. The number of rotatable bonds is 4. The Labute approximate surface area is 135 Å². The maximum absolute atomic E-state index is 11.4. The van der Waals surface area contributed by atoms with Crippen LogP contribution >= 0.6 is 0 Å². The van der Waals surface area contributed by atoms with Crippen LogP contribution in [-0.4, -0.2) is 40.6 Å². The lowest BCUT2D eigenvalue weighted by Gasteiger charge is -2.29. The fourth-order valence-electron chi connectivity index (χ4n) is 2.66. The van der Waals surface area contributed by atoms with Gasteiger partial charge < -0.3 is 13.7 Å². The molecule has 3 rings (SSSR count). The minimum absolute atomic E-state index is 0.142. The average molecular weight is 341 g/mol. The summed E-state index contributed by atoms with van der Waals surface area (Å²) in [6.07, 6.45) is 4.55. The molecule has 1 aromatic rings. The van der Waals surface area contributed by atoms with Gasteiger partial charge in [0.05, 0.1) is 19.1 Å². The number of hydrogen-bond acceptors (Lipinski definition) is 7. The number of methoxy groups -OCH3 is 1. The standard InChI is InChI=1S/C15H19NO6S/c1-19-13-4-3-11(9-14(13)21-23(2,17)18)12-10-15(22-16-12)5-7-20-8-6-15/h3-4,9-10,16H,5-8H2,1-2H3. The number of hydroxylamine groups is 1. The molecule has 1 aromatic carbocycles. The second kappa shape index (κ2) is 6.03. The summed E-state index contributed by atoms with van der Waals surface area (Å²) in [6.45, 7) is 1.30. The zero-order chi connectivity index (χ0) is 16.5. The minimum Gasteiger partial charge on any atom is -0.493 e. The molecule has 0 atom stereocenters. The van der Waals surface area contributed by atoms with Crippen LogP contribution in [-0.2, 0) is 19.7 Å². The molecule has 1 N–H and O–H groups in total. The summed E-state index contributed by atoms with van der Waals surface area (Å²) < 4.78 is 38.3. The molecule has 2 aliphatic heterocycles. The highest BCUT2D eigenvalue weighted by atomic mass is 32.2. The van der Waals surface area contributed by atoms with E-state index < -0.39 is 10.1 Å². The SMILES string of the molecule is COc1ccc(C2=CC3(CCOCC3)ON2)cc1OS(C)(=O)=O. The monoisotopic (exact) mass is 341 g/mol. The van der Waals surface area contributed by atoms with Crippen molar-refractivity contribution >= 4 is 15.8 Å². The Hall–Kier alpha value is -1.77. The van der Waals surface area contributed by atoms with Crippen LogP contribution in [0.5, 0.6) is 11.5 Å². The molecule has 2 aliphatic rings. The maximum atomic E-state index is 11.4. The van der Waals surface area contributed by atoms with E-state index in [0.29, 0.717) is 19.0 Å². The van der Waals surface area contributed by atoms with Crippen LogP contribution in [0.4, 0.5) is 0 Å². The summed E-state index contributed by atoms with van der Waals surface area (Å²) in [5.74, 6) is 0.489. The van der Waals surface area contributed by atoms with Gasteiger partial charge in [-0.3, -0.25) is 10.3 Å². The predicted octanol–water partition coefficient (Wildman–Crippen LogP) is 1.46. The van der Waals surface area contributed by atoms with Crippen LogP contribution in [0, 0.1) is 0 Å². The van der Waals surface area contributed by atoms with E-state index in [1.165, 1.54) is 7.11 Å². The molecule has 0 amide bonds. The number of hydrogen-bond donors (Lipinski definition) is 1. The fraction of sp³-hybridized carbons (Fsp3) is 0.467. The first kappa shape index (κ1) is 16.1. The van der Waals surface area contributed by atoms with Gasteiger partial charge in [-0.2, -0.15) is 8.42 Å². The maximum Gasteiger partial charge on any atom is 0.306 e. The van der Waals surface area contributed by atoms with Gasteiger partial charge in [-0.25, -0.2) is 0 Å². The van der Waals surface area contributed by atoms with E-state index in [2.05, 4.69) is 5.48 Å². The minimum atomic E-state index is -3.64. The second-order valence-corrected chi connectivity index (χ2v) is 7.17. The van der Waals surface area contributed by atoms with Gasteiger partial charge in [-0.1, -0.05) is 0 Å². The van der Waals surface area contributed by atoms with Gasteiger partial charge in [0, 0.05) is 31.6 Å². The van der Waals surface area contributed by atoms with Crippen molar-refractivity contribution in [3.8, 4) is 11.5 Å². The lowest BCUT2D eigenvalue weighted by atomic mass is 9.93. The fourth-order valence-corrected chi connectivity index (χ4v) is 3.11. The molecule has 1 saturated heterocycles. The van der Waals surface area contributed by atoms with Crippen molar-refractivity contribution in [3.63, 3.8) is 0 Å². The van der Waals surface area contributed by atoms with E-state index in [0.717, 1.165) is 30.4 Å². The molecule has 7 nitrogen and oxygen atoms in total. The van der Waals surface area contributed by atoms with Crippen molar-refractivity contribution in [1.29, 1.82) is 0 Å². The number of benzene rings is 1. The van der Waals surface area contributed by atoms with Crippen LogP contribution < -0.4 is 14.4 Å². The van der Waals surface area contributed by atoms with Crippen LogP contribution in [0.25, 0.3) is 5.70 Å².